The summed E-state index contributed by atoms with van der Waals surface area (Å²) in [7, 11) is -3.57. The number of amides is 1. The summed E-state index contributed by atoms with van der Waals surface area (Å²) in [5, 5.41) is 2.70. The van der Waals surface area contributed by atoms with Crippen molar-refractivity contribution in [2.24, 2.45) is 5.92 Å². The zero-order chi connectivity index (χ0) is 24.3. The Kier molecular flexibility index (Phi) is 7.08. The van der Waals surface area contributed by atoms with Gasteiger partial charge in [0.15, 0.2) is 11.7 Å². The molecule has 1 atom stereocenters. The summed E-state index contributed by atoms with van der Waals surface area (Å²) < 4.78 is 60.4. The second-order valence-electron chi connectivity index (χ2n) is 8.40. The number of carbonyl (C=O) groups is 1. The molecule has 34 heavy (non-hydrogen) atoms. The van der Waals surface area contributed by atoms with E-state index >= 15 is 0 Å². The van der Waals surface area contributed by atoms with Crippen molar-refractivity contribution in [2.75, 3.05) is 18.4 Å². The lowest BCUT2D eigenvalue weighted by Crippen LogP contribution is -2.39. The van der Waals surface area contributed by atoms with Crippen LogP contribution in [0.1, 0.15) is 32.1 Å². The van der Waals surface area contributed by atoms with E-state index in [4.69, 9.17) is 4.42 Å². The van der Waals surface area contributed by atoms with Gasteiger partial charge >= 0.3 is 0 Å². The zero-order valence-corrected chi connectivity index (χ0v) is 19.4. The lowest BCUT2D eigenvalue weighted by molar-refractivity contribution is -0.116. The summed E-state index contributed by atoms with van der Waals surface area (Å²) in [5.41, 5.74) is 0.150. The van der Waals surface area contributed by atoms with Gasteiger partial charge in [0, 0.05) is 31.6 Å². The first kappa shape index (κ1) is 24.0. The summed E-state index contributed by atoms with van der Waals surface area (Å²) in [6, 6.07) is 9.55. The van der Waals surface area contributed by atoms with Crippen LogP contribution in [-0.4, -0.2) is 36.7 Å². The predicted molar refractivity (Wildman–Crippen MR) is 122 cm³/mol. The molecule has 0 spiro atoms. The molecular weight excluding hydrogens is 464 g/mol. The maximum absolute atomic E-state index is 13.9. The quantitative estimate of drug-likeness (QED) is 0.523. The Morgan fingerprint density at radius 1 is 1.18 bits per heavy atom. The smallest absolute Gasteiger partial charge is 0.243 e. The van der Waals surface area contributed by atoms with Crippen LogP contribution in [0.25, 0.3) is 11.3 Å². The third-order valence-corrected chi connectivity index (χ3v) is 7.60. The number of sulfonamides is 1. The number of anilines is 1. The van der Waals surface area contributed by atoms with Crippen LogP contribution < -0.4 is 5.32 Å². The Labute approximate surface area is 196 Å². The minimum atomic E-state index is -3.57. The van der Waals surface area contributed by atoms with E-state index in [2.05, 4.69) is 10.3 Å². The largest absolute Gasteiger partial charge is 0.441 e. The number of oxazole rings is 1. The standard InChI is InChI=1S/C24H25F2N3O4S/c1-16-4-3-13-29(15-16)34(31,32)18-9-7-17(8-10-18)28-22(30)11-12-23-27-14-21(33-23)24-19(25)5-2-6-20(24)26/h2,5-10,14,16H,3-4,11-13,15H2,1H3,(H,28,30). The van der Waals surface area contributed by atoms with Gasteiger partial charge in [-0.25, -0.2) is 22.2 Å². The Morgan fingerprint density at radius 3 is 2.56 bits per heavy atom. The van der Waals surface area contributed by atoms with Crippen LogP contribution in [-0.2, 0) is 21.2 Å². The highest BCUT2D eigenvalue weighted by Gasteiger charge is 2.28. The van der Waals surface area contributed by atoms with E-state index in [1.165, 1.54) is 28.7 Å². The molecule has 7 nitrogen and oxygen atoms in total. The maximum Gasteiger partial charge on any atom is 0.243 e. The summed E-state index contributed by atoms with van der Waals surface area (Å²) in [4.78, 5) is 16.5. The van der Waals surface area contributed by atoms with Crippen molar-refractivity contribution in [3.63, 3.8) is 0 Å². The van der Waals surface area contributed by atoms with Crippen LogP contribution in [0.4, 0.5) is 14.5 Å². The Morgan fingerprint density at radius 2 is 1.88 bits per heavy atom. The molecule has 1 amide bonds. The highest BCUT2D eigenvalue weighted by atomic mass is 32.2. The van der Waals surface area contributed by atoms with Gasteiger partial charge < -0.3 is 9.73 Å². The summed E-state index contributed by atoms with van der Waals surface area (Å²) in [6.45, 7) is 3.06. The average Bonchev–Trinajstić information content (AvgIpc) is 3.26. The van der Waals surface area contributed by atoms with Crippen LogP contribution in [0.5, 0.6) is 0 Å². The first-order valence-corrected chi connectivity index (χ1v) is 12.5. The molecule has 2 aromatic carbocycles. The van der Waals surface area contributed by atoms with Gasteiger partial charge in [-0.05, 0) is 55.2 Å². The van der Waals surface area contributed by atoms with Crippen LogP contribution >= 0.6 is 0 Å². The fourth-order valence-corrected chi connectivity index (χ4v) is 5.54. The van der Waals surface area contributed by atoms with E-state index < -0.39 is 21.7 Å². The minimum absolute atomic E-state index is 0.0193. The average molecular weight is 490 g/mol. The molecule has 1 aliphatic rings. The van der Waals surface area contributed by atoms with E-state index in [9.17, 15) is 22.0 Å². The van der Waals surface area contributed by atoms with E-state index in [-0.39, 0.29) is 40.9 Å². The number of benzene rings is 2. The zero-order valence-electron chi connectivity index (χ0n) is 18.6. The molecule has 1 aliphatic heterocycles. The number of rotatable bonds is 7. The fraction of sp³-hybridized carbons (Fsp3) is 0.333. The van der Waals surface area contributed by atoms with Crippen molar-refractivity contribution in [3.8, 4) is 11.3 Å². The molecule has 1 fully saturated rings. The number of piperidine rings is 1. The van der Waals surface area contributed by atoms with E-state index in [1.807, 2.05) is 6.92 Å². The number of aromatic nitrogens is 1. The van der Waals surface area contributed by atoms with Crippen LogP contribution in [0, 0.1) is 17.6 Å². The molecule has 2 heterocycles. The minimum Gasteiger partial charge on any atom is -0.441 e. The number of hydrogen-bond acceptors (Lipinski definition) is 5. The second kappa shape index (κ2) is 10.0. The van der Waals surface area contributed by atoms with Crippen molar-refractivity contribution in [2.45, 2.75) is 37.5 Å². The SMILES string of the molecule is CC1CCCN(S(=O)(=O)c2ccc(NC(=O)CCc3ncc(-c4c(F)cccc4F)o3)cc2)C1. The molecule has 0 saturated carbocycles. The van der Waals surface area contributed by atoms with Gasteiger partial charge in [0.1, 0.15) is 11.6 Å². The number of nitrogens with one attached hydrogen (secondary N) is 1. The van der Waals surface area contributed by atoms with Crippen molar-refractivity contribution in [3.05, 3.63) is 66.2 Å². The van der Waals surface area contributed by atoms with Crippen molar-refractivity contribution >= 4 is 21.6 Å². The maximum atomic E-state index is 13.9. The highest BCUT2D eigenvalue weighted by Crippen LogP contribution is 2.27. The van der Waals surface area contributed by atoms with Gasteiger partial charge in [-0.2, -0.15) is 4.31 Å². The molecule has 3 aromatic rings. The molecule has 10 heteroatoms. The molecule has 1 N–H and O–H groups in total. The van der Waals surface area contributed by atoms with Gasteiger partial charge in [-0.1, -0.05) is 13.0 Å². The fourth-order valence-electron chi connectivity index (χ4n) is 3.94. The van der Waals surface area contributed by atoms with Crippen LogP contribution in [0.2, 0.25) is 0 Å². The van der Waals surface area contributed by atoms with E-state index in [1.54, 1.807) is 12.1 Å². The van der Waals surface area contributed by atoms with Gasteiger partial charge in [-0.15, -0.1) is 0 Å². The molecule has 4 rings (SSSR count). The second-order valence-corrected chi connectivity index (χ2v) is 10.3. The normalized spacial score (nSPS) is 17.0. The first-order chi connectivity index (χ1) is 16.2. The molecule has 1 saturated heterocycles. The number of aryl methyl sites for hydroxylation is 1. The molecular formula is C24H25F2N3O4S. The number of halogens is 2. The molecule has 1 aromatic heterocycles. The predicted octanol–water partition coefficient (Wildman–Crippen LogP) is 4.61. The molecule has 0 radical (unpaired) electrons. The topological polar surface area (TPSA) is 92.5 Å². The Hall–Kier alpha value is -3.11. The van der Waals surface area contributed by atoms with Crippen molar-refractivity contribution in [1.29, 1.82) is 0 Å². The molecule has 1 unspecified atom stereocenters. The van der Waals surface area contributed by atoms with Gasteiger partial charge in [-0.3, -0.25) is 4.79 Å². The molecule has 0 aliphatic carbocycles. The Bertz CT molecular complexity index is 1260. The number of hydrogen-bond donors (Lipinski definition) is 1. The summed E-state index contributed by atoms with van der Waals surface area (Å²) in [5.74, 6) is -1.41. The van der Waals surface area contributed by atoms with E-state index in [0.717, 1.165) is 25.0 Å². The summed E-state index contributed by atoms with van der Waals surface area (Å²) >= 11 is 0. The number of nitrogens with zero attached hydrogens (tertiary/aromatic N) is 2. The van der Waals surface area contributed by atoms with Crippen LogP contribution in [0.15, 0.2) is 58.0 Å². The number of carbonyl (C=O) groups excluding carboxylic acids is 1. The third kappa shape index (κ3) is 5.34. The lowest BCUT2D eigenvalue weighted by atomic mass is 10.0. The third-order valence-electron chi connectivity index (χ3n) is 5.72. The lowest BCUT2D eigenvalue weighted by Gasteiger charge is -2.30. The van der Waals surface area contributed by atoms with Gasteiger partial charge in [0.05, 0.1) is 16.7 Å². The summed E-state index contributed by atoms with van der Waals surface area (Å²) in [6.07, 6.45) is 3.23. The van der Waals surface area contributed by atoms with Crippen molar-refractivity contribution < 1.29 is 26.4 Å². The monoisotopic (exact) mass is 489 g/mol. The Balaban J connectivity index is 1.34. The first-order valence-electron chi connectivity index (χ1n) is 11.0. The van der Waals surface area contributed by atoms with Crippen LogP contribution in [0.3, 0.4) is 0 Å². The molecule has 0 bridgehead atoms. The van der Waals surface area contributed by atoms with Gasteiger partial charge in [0.2, 0.25) is 15.9 Å². The highest BCUT2D eigenvalue weighted by molar-refractivity contribution is 7.89. The molecule has 180 valence electrons. The van der Waals surface area contributed by atoms with Gasteiger partial charge in [0.25, 0.3) is 0 Å². The van der Waals surface area contributed by atoms with Crippen molar-refractivity contribution in [1.82, 2.24) is 9.29 Å². The van der Waals surface area contributed by atoms with E-state index in [0.29, 0.717) is 24.7 Å².